The van der Waals surface area contributed by atoms with Gasteiger partial charge in [0, 0.05) is 11.1 Å². The molecular weight excluding hydrogens is 442 g/mol. The summed E-state index contributed by atoms with van der Waals surface area (Å²) in [5, 5.41) is 12.1. The van der Waals surface area contributed by atoms with Crippen LogP contribution in [0.4, 0.5) is 0 Å². The molecule has 0 saturated carbocycles. The van der Waals surface area contributed by atoms with Gasteiger partial charge in [0.2, 0.25) is 0 Å². The van der Waals surface area contributed by atoms with Crippen molar-refractivity contribution in [1.82, 2.24) is 14.8 Å². The van der Waals surface area contributed by atoms with Crippen LogP contribution in [0, 0.1) is 0 Å². The van der Waals surface area contributed by atoms with Crippen molar-refractivity contribution in [3.63, 3.8) is 0 Å². The Morgan fingerprint density at radius 1 is 0.765 bits per heavy atom. The number of fused-ring (bicyclic) bond motifs is 1. The Morgan fingerprint density at radius 3 is 2.35 bits per heavy atom. The molecule has 0 aliphatic rings. The maximum atomic E-state index is 6.24. The minimum Gasteiger partial charge on any atom is -0.497 e. The Hall–Kier alpha value is -3.77. The second-order valence-corrected chi connectivity index (χ2v) is 8.82. The van der Waals surface area contributed by atoms with E-state index in [9.17, 15) is 0 Å². The Bertz CT molecular complexity index is 1360. The molecule has 0 amide bonds. The quantitative estimate of drug-likeness (QED) is 0.236. The molecule has 0 N–H and O–H groups in total. The molecule has 0 unspecified atom stereocenters. The van der Waals surface area contributed by atoms with Gasteiger partial charge < -0.3 is 9.47 Å². The highest BCUT2D eigenvalue weighted by atomic mass is 32.2. The second kappa shape index (κ2) is 10.4. The number of methoxy groups -OCH3 is 1. The lowest BCUT2D eigenvalue weighted by Gasteiger charge is -2.12. The summed E-state index contributed by atoms with van der Waals surface area (Å²) in [6.45, 7) is 1.03. The molecule has 6 heteroatoms. The van der Waals surface area contributed by atoms with Crippen molar-refractivity contribution in [1.29, 1.82) is 0 Å². The average Bonchev–Trinajstić information content (AvgIpc) is 3.28. The van der Waals surface area contributed by atoms with E-state index < -0.39 is 0 Å². The maximum Gasteiger partial charge on any atom is 0.191 e. The van der Waals surface area contributed by atoms with Gasteiger partial charge in [-0.15, -0.1) is 10.2 Å². The van der Waals surface area contributed by atoms with Gasteiger partial charge in [-0.3, -0.25) is 4.57 Å². The van der Waals surface area contributed by atoms with Crippen LogP contribution >= 0.6 is 11.8 Å². The molecule has 0 fully saturated rings. The standard InChI is InChI=1S/C28H25N3O2S/c1-32-24-16-14-22(15-17-24)20-34-28-30-29-27(31(28)18-21-8-3-2-4-9-21)19-33-26-13-7-11-23-10-5-6-12-25(23)26/h2-17H,18-20H2,1H3. The minimum absolute atomic E-state index is 0.344. The van der Waals surface area contributed by atoms with Crippen molar-refractivity contribution in [2.45, 2.75) is 24.1 Å². The smallest absolute Gasteiger partial charge is 0.191 e. The highest BCUT2D eigenvalue weighted by Crippen LogP contribution is 2.27. The molecule has 34 heavy (non-hydrogen) atoms. The monoisotopic (exact) mass is 467 g/mol. The Kier molecular flexibility index (Phi) is 6.77. The molecule has 0 radical (unpaired) electrons. The first-order chi connectivity index (χ1) is 16.8. The zero-order valence-corrected chi connectivity index (χ0v) is 19.7. The van der Waals surface area contributed by atoms with Crippen LogP contribution in [0.2, 0.25) is 0 Å². The molecule has 5 rings (SSSR count). The van der Waals surface area contributed by atoms with Crippen LogP contribution in [0.15, 0.2) is 102 Å². The summed E-state index contributed by atoms with van der Waals surface area (Å²) in [5.74, 6) is 3.30. The largest absolute Gasteiger partial charge is 0.497 e. The molecule has 1 heterocycles. The van der Waals surface area contributed by atoms with Crippen LogP contribution in [0.1, 0.15) is 17.0 Å². The fourth-order valence-electron chi connectivity index (χ4n) is 3.79. The Labute approximate surface area is 203 Å². The van der Waals surface area contributed by atoms with Crippen LogP contribution in [0.25, 0.3) is 10.8 Å². The lowest BCUT2D eigenvalue weighted by Crippen LogP contribution is -2.09. The van der Waals surface area contributed by atoms with Gasteiger partial charge in [0.25, 0.3) is 0 Å². The first-order valence-electron chi connectivity index (χ1n) is 11.1. The van der Waals surface area contributed by atoms with Crippen LogP contribution in [0.5, 0.6) is 11.5 Å². The number of hydrogen-bond donors (Lipinski definition) is 0. The molecule has 1 aromatic heterocycles. The van der Waals surface area contributed by atoms with E-state index in [1.165, 1.54) is 11.1 Å². The van der Waals surface area contributed by atoms with Crippen molar-refractivity contribution in [2.24, 2.45) is 0 Å². The van der Waals surface area contributed by atoms with E-state index in [0.717, 1.165) is 39.0 Å². The SMILES string of the molecule is COc1ccc(CSc2nnc(COc3cccc4ccccc34)n2Cc2ccccc2)cc1. The van der Waals surface area contributed by atoms with Gasteiger partial charge in [0.15, 0.2) is 11.0 Å². The summed E-state index contributed by atoms with van der Waals surface area (Å²) < 4.78 is 13.7. The third-order valence-corrected chi connectivity index (χ3v) is 6.65. The third kappa shape index (κ3) is 5.07. The van der Waals surface area contributed by atoms with Gasteiger partial charge in [-0.1, -0.05) is 90.6 Å². The third-order valence-electron chi connectivity index (χ3n) is 5.61. The van der Waals surface area contributed by atoms with Gasteiger partial charge in [0.05, 0.1) is 13.7 Å². The van der Waals surface area contributed by atoms with E-state index >= 15 is 0 Å². The maximum absolute atomic E-state index is 6.24. The number of ether oxygens (including phenoxy) is 2. The number of benzene rings is 4. The highest BCUT2D eigenvalue weighted by Gasteiger charge is 2.15. The molecule has 0 bridgehead atoms. The first-order valence-corrected chi connectivity index (χ1v) is 12.1. The molecular formula is C28H25N3O2S. The van der Waals surface area contributed by atoms with E-state index in [2.05, 4.69) is 69.4 Å². The van der Waals surface area contributed by atoms with E-state index in [0.29, 0.717) is 13.2 Å². The molecule has 0 saturated heterocycles. The molecule has 4 aromatic carbocycles. The molecule has 5 aromatic rings. The second-order valence-electron chi connectivity index (χ2n) is 7.87. The van der Waals surface area contributed by atoms with Gasteiger partial charge >= 0.3 is 0 Å². The first kappa shape index (κ1) is 22.0. The summed E-state index contributed by atoms with van der Waals surface area (Å²) in [5.41, 5.74) is 2.40. The van der Waals surface area contributed by atoms with E-state index in [1.807, 2.05) is 42.5 Å². The summed E-state index contributed by atoms with van der Waals surface area (Å²) in [6.07, 6.45) is 0. The minimum atomic E-state index is 0.344. The summed E-state index contributed by atoms with van der Waals surface area (Å²) in [6, 6.07) is 32.8. The van der Waals surface area contributed by atoms with Gasteiger partial charge in [-0.05, 0) is 34.7 Å². The summed E-state index contributed by atoms with van der Waals surface area (Å²) >= 11 is 1.67. The number of aromatic nitrogens is 3. The molecule has 0 spiro atoms. The fourth-order valence-corrected chi connectivity index (χ4v) is 4.70. The van der Waals surface area contributed by atoms with Gasteiger partial charge in [0.1, 0.15) is 18.1 Å². The molecule has 0 aliphatic carbocycles. The zero-order valence-electron chi connectivity index (χ0n) is 18.9. The number of thioether (sulfide) groups is 1. The molecule has 0 aliphatic heterocycles. The van der Waals surface area contributed by atoms with Gasteiger partial charge in [-0.25, -0.2) is 0 Å². The van der Waals surface area contributed by atoms with Crippen molar-refractivity contribution < 1.29 is 9.47 Å². The Balaban J connectivity index is 1.37. The lowest BCUT2D eigenvalue weighted by atomic mass is 10.1. The van der Waals surface area contributed by atoms with Crippen LogP contribution in [0.3, 0.4) is 0 Å². The van der Waals surface area contributed by atoms with Crippen molar-refractivity contribution in [3.8, 4) is 11.5 Å². The molecule has 0 atom stereocenters. The molecule has 170 valence electrons. The lowest BCUT2D eigenvalue weighted by molar-refractivity contribution is 0.292. The average molecular weight is 468 g/mol. The fraction of sp³-hybridized carbons (Fsp3) is 0.143. The van der Waals surface area contributed by atoms with Crippen LogP contribution < -0.4 is 9.47 Å². The predicted molar refractivity (Wildman–Crippen MR) is 136 cm³/mol. The van der Waals surface area contributed by atoms with E-state index in [-0.39, 0.29) is 0 Å². The van der Waals surface area contributed by atoms with Crippen molar-refractivity contribution in [3.05, 3.63) is 114 Å². The van der Waals surface area contributed by atoms with Crippen LogP contribution in [-0.2, 0) is 18.9 Å². The summed E-state index contributed by atoms with van der Waals surface area (Å²) in [7, 11) is 1.68. The van der Waals surface area contributed by atoms with Gasteiger partial charge in [-0.2, -0.15) is 0 Å². The highest BCUT2D eigenvalue weighted by molar-refractivity contribution is 7.98. The van der Waals surface area contributed by atoms with Crippen LogP contribution in [-0.4, -0.2) is 21.9 Å². The predicted octanol–water partition coefficient (Wildman–Crippen LogP) is 6.36. The van der Waals surface area contributed by atoms with E-state index in [1.54, 1.807) is 18.9 Å². The Morgan fingerprint density at radius 2 is 1.53 bits per heavy atom. The zero-order chi connectivity index (χ0) is 23.2. The van der Waals surface area contributed by atoms with Crippen molar-refractivity contribution >= 4 is 22.5 Å². The summed E-state index contributed by atoms with van der Waals surface area (Å²) in [4.78, 5) is 0. The number of rotatable bonds is 9. The topological polar surface area (TPSA) is 49.2 Å². The molecule has 5 nitrogen and oxygen atoms in total. The van der Waals surface area contributed by atoms with E-state index in [4.69, 9.17) is 9.47 Å². The normalized spacial score (nSPS) is 11.0. The number of nitrogens with zero attached hydrogens (tertiary/aromatic N) is 3. The number of hydrogen-bond acceptors (Lipinski definition) is 5. The van der Waals surface area contributed by atoms with Crippen molar-refractivity contribution in [2.75, 3.05) is 7.11 Å².